The Bertz CT molecular complexity index is 904. The molecule has 2 aliphatic heterocycles. The van der Waals surface area contributed by atoms with Gasteiger partial charge in [-0.15, -0.1) is 0 Å². The lowest BCUT2D eigenvalue weighted by Gasteiger charge is -2.27. The van der Waals surface area contributed by atoms with Gasteiger partial charge in [-0.25, -0.2) is 0 Å². The zero-order valence-electron chi connectivity index (χ0n) is 17.8. The van der Waals surface area contributed by atoms with Gasteiger partial charge in [0.05, 0.1) is 5.56 Å². The molecular weight excluding hydrogens is 401 g/mol. The molecule has 0 aliphatic carbocycles. The second-order valence-corrected chi connectivity index (χ2v) is 8.50. The summed E-state index contributed by atoms with van der Waals surface area (Å²) in [5.41, 5.74) is 10.5. The average Bonchev–Trinajstić information content (AvgIpc) is 3.28. The second-order valence-electron chi connectivity index (χ2n) is 8.50. The molecule has 0 unspecified atom stereocenters. The van der Waals surface area contributed by atoms with Crippen LogP contribution < -0.4 is 21.3 Å². The molecule has 7 heteroatoms. The van der Waals surface area contributed by atoms with E-state index in [1.165, 1.54) is 30.7 Å². The van der Waals surface area contributed by atoms with Crippen LogP contribution in [0.1, 0.15) is 47.9 Å². The van der Waals surface area contributed by atoms with Gasteiger partial charge >= 0.3 is 6.18 Å². The highest BCUT2D eigenvalue weighted by Gasteiger charge is 2.33. The molecule has 0 amide bonds. The van der Waals surface area contributed by atoms with Crippen LogP contribution in [0.5, 0.6) is 0 Å². The number of hydrogen-bond acceptors (Lipinski definition) is 4. The number of hydrogen-bond donors (Lipinski definition) is 3. The fourth-order valence-corrected chi connectivity index (χ4v) is 4.58. The molecule has 31 heavy (non-hydrogen) atoms. The Balaban J connectivity index is 1.56. The van der Waals surface area contributed by atoms with Crippen LogP contribution >= 0.6 is 0 Å². The minimum atomic E-state index is -4.34. The molecule has 0 bridgehead atoms. The molecule has 0 saturated carbocycles. The van der Waals surface area contributed by atoms with E-state index in [1.807, 2.05) is 0 Å². The predicted octanol–water partition coefficient (Wildman–Crippen LogP) is 4.82. The van der Waals surface area contributed by atoms with Crippen LogP contribution in [0.25, 0.3) is 0 Å². The molecule has 0 aromatic heterocycles. The van der Waals surface area contributed by atoms with E-state index in [2.05, 4.69) is 33.7 Å². The van der Waals surface area contributed by atoms with Crippen LogP contribution in [0.15, 0.2) is 30.3 Å². The van der Waals surface area contributed by atoms with E-state index in [1.54, 1.807) is 0 Å². The summed E-state index contributed by atoms with van der Waals surface area (Å²) < 4.78 is 40.7. The smallest absolute Gasteiger partial charge is 0.372 e. The number of benzene rings is 2. The van der Waals surface area contributed by atoms with Crippen molar-refractivity contribution in [2.24, 2.45) is 5.73 Å². The largest absolute Gasteiger partial charge is 0.416 e. The van der Waals surface area contributed by atoms with Crippen LogP contribution in [-0.4, -0.2) is 32.7 Å². The van der Waals surface area contributed by atoms with Gasteiger partial charge in [0.1, 0.15) is 0 Å². The zero-order valence-corrected chi connectivity index (χ0v) is 17.8. The first kappa shape index (κ1) is 22.0. The van der Waals surface area contributed by atoms with E-state index in [9.17, 15) is 13.2 Å². The van der Waals surface area contributed by atoms with Crippen molar-refractivity contribution in [3.63, 3.8) is 0 Å². The third-order valence-corrected chi connectivity index (χ3v) is 6.20. The molecule has 168 valence electrons. The van der Waals surface area contributed by atoms with Crippen LogP contribution in [0.4, 0.5) is 30.2 Å². The molecule has 2 aliphatic rings. The first-order valence-electron chi connectivity index (χ1n) is 11.2. The monoisotopic (exact) mass is 432 g/mol. The number of halogens is 3. The van der Waals surface area contributed by atoms with Gasteiger partial charge in [0, 0.05) is 49.7 Å². The predicted molar refractivity (Wildman–Crippen MR) is 120 cm³/mol. The number of nitrogens with two attached hydrogens (primary N) is 1. The van der Waals surface area contributed by atoms with Gasteiger partial charge in [-0.05, 0) is 85.7 Å². The molecule has 0 atom stereocenters. The topological polar surface area (TPSA) is 53.3 Å². The standard InChI is InChI=1S/C24H31F3N4/c25-24(26,27)20-14-17(5-1-2-9-29-10-8-28)23-19(15-20)13-18-16-21(6-7-22(18)30-23)31-11-3-4-12-31/h6-7,14-16,29-30H,1-5,8-13,28H2. The number of fused-ring (bicyclic) bond motifs is 2. The van der Waals surface area contributed by atoms with Crippen molar-refractivity contribution in [3.05, 3.63) is 52.6 Å². The lowest BCUT2D eigenvalue weighted by molar-refractivity contribution is -0.137. The van der Waals surface area contributed by atoms with Crippen molar-refractivity contribution in [1.29, 1.82) is 0 Å². The van der Waals surface area contributed by atoms with E-state index in [4.69, 9.17) is 5.73 Å². The van der Waals surface area contributed by atoms with Crippen LogP contribution in [0, 0.1) is 0 Å². The maximum atomic E-state index is 13.6. The quantitative estimate of drug-likeness (QED) is 0.447. The van der Waals surface area contributed by atoms with Crippen molar-refractivity contribution < 1.29 is 13.2 Å². The summed E-state index contributed by atoms with van der Waals surface area (Å²) in [5.74, 6) is 0. The van der Waals surface area contributed by atoms with Crippen molar-refractivity contribution in [1.82, 2.24) is 5.32 Å². The fourth-order valence-electron chi connectivity index (χ4n) is 4.58. The maximum absolute atomic E-state index is 13.6. The van der Waals surface area contributed by atoms with Gasteiger partial charge in [-0.2, -0.15) is 13.2 Å². The number of alkyl halides is 3. The number of nitrogens with zero attached hydrogens (tertiary/aromatic N) is 1. The van der Waals surface area contributed by atoms with Crippen LogP contribution in [0.2, 0.25) is 0 Å². The average molecular weight is 433 g/mol. The van der Waals surface area contributed by atoms with Gasteiger partial charge in [-0.3, -0.25) is 0 Å². The summed E-state index contributed by atoms with van der Waals surface area (Å²) in [5, 5.41) is 6.68. The maximum Gasteiger partial charge on any atom is 0.416 e. The lowest BCUT2D eigenvalue weighted by atomic mass is 9.90. The molecule has 4 N–H and O–H groups in total. The van der Waals surface area contributed by atoms with Crippen molar-refractivity contribution >= 4 is 17.1 Å². The molecule has 0 spiro atoms. The summed E-state index contributed by atoms with van der Waals surface area (Å²) in [7, 11) is 0. The van der Waals surface area contributed by atoms with Crippen LogP contribution in [0.3, 0.4) is 0 Å². The highest BCUT2D eigenvalue weighted by atomic mass is 19.4. The summed E-state index contributed by atoms with van der Waals surface area (Å²) in [6, 6.07) is 8.97. The van der Waals surface area contributed by atoms with Gasteiger partial charge in [0.15, 0.2) is 0 Å². The summed E-state index contributed by atoms with van der Waals surface area (Å²) in [4.78, 5) is 2.35. The lowest BCUT2D eigenvalue weighted by Crippen LogP contribution is -2.23. The Hall–Kier alpha value is -2.25. The Kier molecular flexibility index (Phi) is 6.72. The third-order valence-electron chi connectivity index (χ3n) is 6.20. The minimum Gasteiger partial charge on any atom is -0.372 e. The van der Waals surface area contributed by atoms with Crippen molar-refractivity contribution in [2.75, 3.05) is 42.9 Å². The Morgan fingerprint density at radius 3 is 2.55 bits per heavy atom. The number of anilines is 3. The van der Waals surface area contributed by atoms with Crippen LogP contribution in [-0.2, 0) is 19.0 Å². The molecular formula is C24H31F3N4. The number of aryl methyl sites for hydroxylation is 1. The molecule has 2 heterocycles. The second kappa shape index (κ2) is 9.49. The normalized spacial score (nSPS) is 15.5. The first-order valence-corrected chi connectivity index (χ1v) is 11.2. The number of rotatable bonds is 8. The zero-order chi connectivity index (χ0) is 21.8. The van der Waals surface area contributed by atoms with Gasteiger partial charge < -0.3 is 21.3 Å². The summed E-state index contributed by atoms with van der Waals surface area (Å²) in [6.07, 6.45) is 0.911. The Labute approximate surface area is 182 Å². The minimum absolute atomic E-state index is 0.522. The first-order chi connectivity index (χ1) is 15.0. The highest BCUT2D eigenvalue weighted by molar-refractivity contribution is 5.76. The Morgan fingerprint density at radius 2 is 1.81 bits per heavy atom. The van der Waals surface area contributed by atoms with Crippen molar-refractivity contribution in [3.8, 4) is 0 Å². The third kappa shape index (κ3) is 5.15. The highest BCUT2D eigenvalue weighted by Crippen LogP contribution is 2.41. The Morgan fingerprint density at radius 1 is 1.00 bits per heavy atom. The van der Waals surface area contributed by atoms with E-state index >= 15 is 0 Å². The fraction of sp³-hybridized carbons (Fsp3) is 0.500. The molecule has 2 aromatic carbocycles. The summed E-state index contributed by atoms with van der Waals surface area (Å²) in [6.45, 7) is 4.27. The van der Waals surface area contributed by atoms with Gasteiger partial charge in [0.2, 0.25) is 0 Å². The molecule has 0 radical (unpaired) electrons. The molecule has 4 nitrogen and oxygen atoms in total. The molecule has 1 saturated heterocycles. The molecule has 2 aromatic rings. The molecule has 1 fully saturated rings. The van der Waals surface area contributed by atoms with E-state index in [0.29, 0.717) is 19.4 Å². The van der Waals surface area contributed by atoms with Gasteiger partial charge in [-0.1, -0.05) is 0 Å². The number of unbranched alkanes of at least 4 members (excludes halogenated alkanes) is 1. The SMILES string of the molecule is NCCNCCCCc1cc(C(F)(F)F)cc2c1Nc1ccc(N3CCCC3)cc1C2. The van der Waals surface area contributed by atoms with E-state index in [-0.39, 0.29) is 0 Å². The summed E-state index contributed by atoms with van der Waals surface area (Å²) >= 11 is 0. The van der Waals surface area contributed by atoms with Gasteiger partial charge in [0.25, 0.3) is 0 Å². The van der Waals surface area contributed by atoms with Crippen molar-refractivity contribution in [2.45, 2.75) is 44.7 Å². The number of nitrogens with one attached hydrogen (secondary N) is 2. The molecule has 4 rings (SSSR count). The van der Waals surface area contributed by atoms with E-state index < -0.39 is 11.7 Å². The van der Waals surface area contributed by atoms with E-state index in [0.717, 1.165) is 67.1 Å².